The van der Waals surface area contributed by atoms with Crippen LogP contribution in [0, 0.1) is 0 Å². The zero-order valence-electron chi connectivity index (χ0n) is 19.5. The summed E-state index contributed by atoms with van der Waals surface area (Å²) in [6, 6.07) is 24.4. The molecule has 0 saturated heterocycles. The highest BCUT2D eigenvalue weighted by Gasteiger charge is 2.25. The standard InChI is InChI=1S/C27H32N4O2/c1-30(2)24-13-11-21(12-14-24)26(31-16-15-20-7-4-5-8-22(20)19-31)18-28-27(32)29-23-9-6-10-25(17-23)33-3/h4-14,17,26H,15-16,18-19H2,1-3H3,(H2,28,29,32). The van der Waals surface area contributed by atoms with Crippen molar-refractivity contribution in [1.29, 1.82) is 0 Å². The van der Waals surface area contributed by atoms with E-state index in [9.17, 15) is 4.79 Å². The smallest absolute Gasteiger partial charge is 0.319 e. The minimum atomic E-state index is -0.226. The second-order valence-corrected chi connectivity index (χ2v) is 8.56. The first-order valence-corrected chi connectivity index (χ1v) is 11.3. The molecule has 0 fully saturated rings. The minimum Gasteiger partial charge on any atom is -0.497 e. The van der Waals surface area contributed by atoms with Crippen molar-refractivity contribution in [1.82, 2.24) is 10.2 Å². The lowest BCUT2D eigenvalue weighted by molar-refractivity contribution is 0.175. The van der Waals surface area contributed by atoms with Gasteiger partial charge in [0.15, 0.2) is 0 Å². The van der Waals surface area contributed by atoms with Crippen LogP contribution in [0.2, 0.25) is 0 Å². The van der Waals surface area contributed by atoms with Crippen molar-refractivity contribution in [3.05, 3.63) is 89.5 Å². The molecule has 1 unspecified atom stereocenters. The minimum absolute atomic E-state index is 0.0747. The van der Waals surface area contributed by atoms with Gasteiger partial charge in [0, 0.05) is 51.2 Å². The van der Waals surface area contributed by atoms with Gasteiger partial charge in [-0.25, -0.2) is 4.79 Å². The van der Waals surface area contributed by atoms with Crippen LogP contribution in [0.3, 0.4) is 0 Å². The Bertz CT molecular complexity index is 1080. The van der Waals surface area contributed by atoms with E-state index in [0.717, 1.165) is 25.2 Å². The number of fused-ring (bicyclic) bond motifs is 1. The number of hydrogen-bond donors (Lipinski definition) is 2. The number of nitrogens with zero attached hydrogens (tertiary/aromatic N) is 2. The highest BCUT2D eigenvalue weighted by molar-refractivity contribution is 5.89. The van der Waals surface area contributed by atoms with Gasteiger partial charge in [0.05, 0.1) is 13.2 Å². The molecule has 1 atom stereocenters. The fourth-order valence-electron chi connectivity index (χ4n) is 4.30. The Kier molecular flexibility index (Phi) is 7.15. The molecule has 1 aliphatic heterocycles. The van der Waals surface area contributed by atoms with Crippen LogP contribution in [0.15, 0.2) is 72.8 Å². The molecule has 1 heterocycles. The first-order valence-electron chi connectivity index (χ1n) is 11.3. The maximum atomic E-state index is 12.7. The van der Waals surface area contributed by atoms with E-state index >= 15 is 0 Å². The van der Waals surface area contributed by atoms with Gasteiger partial charge in [0.25, 0.3) is 0 Å². The topological polar surface area (TPSA) is 56.8 Å². The first kappa shape index (κ1) is 22.7. The van der Waals surface area contributed by atoms with Crippen LogP contribution in [0.4, 0.5) is 16.2 Å². The van der Waals surface area contributed by atoms with Gasteiger partial charge in [-0.15, -0.1) is 0 Å². The highest BCUT2D eigenvalue weighted by atomic mass is 16.5. The summed E-state index contributed by atoms with van der Waals surface area (Å²) in [6.07, 6.45) is 1.01. The molecule has 4 rings (SSSR count). The molecule has 1 aliphatic rings. The molecule has 3 aromatic carbocycles. The van der Waals surface area contributed by atoms with Gasteiger partial charge in [-0.05, 0) is 47.4 Å². The number of ether oxygens (including phenoxy) is 1. The molecule has 0 aromatic heterocycles. The van der Waals surface area contributed by atoms with Gasteiger partial charge in [-0.1, -0.05) is 42.5 Å². The third-order valence-corrected chi connectivity index (χ3v) is 6.18. The van der Waals surface area contributed by atoms with Crippen LogP contribution >= 0.6 is 0 Å². The number of hydrogen-bond acceptors (Lipinski definition) is 4. The fraction of sp³-hybridized carbons (Fsp3) is 0.296. The van der Waals surface area contributed by atoms with E-state index in [1.54, 1.807) is 13.2 Å². The van der Waals surface area contributed by atoms with E-state index in [1.165, 1.54) is 16.7 Å². The van der Waals surface area contributed by atoms with E-state index in [1.807, 2.05) is 32.3 Å². The lowest BCUT2D eigenvalue weighted by Gasteiger charge is -2.36. The quantitative estimate of drug-likeness (QED) is 0.556. The predicted molar refractivity (Wildman–Crippen MR) is 134 cm³/mol. The molecule has 172 valence electrons. The van der Waals surface area contributed by atoms with Gasteiger partial charge in [0.2, 0.25) is 0 Å². The number of anilines is 2. The molecule has 2 amide bonds. The number of nitrogens with one attached hydrogen (secondary N) is 2. The Morgan fingerprint density at radius 2 is 1.79 bits per heavy atom. The second kappa shape index (κ2) is 10.4. The second-order valence-electron chi connectivity index (χ2n) is 8.56. The fourth-order valence-corrected chi connectivity index (χ4v) is 4.30. The Balaban J connectivity index is 1.49. The van der Waals surface area contributed by atoms with Gasteiger partial charge < -0.3 is 20.3 Å². The van der Waals surface area contributed by atoms with Crippen LogP contribution in [-0.2, 0) is 13.0 Å². The van der Waals surface area contributed by atoms with E-state index in [2.05, 4.69) is 69.0 Å². The number of carbonyl (C=O) groups excluding carboxylic acids is 1. The number of urea groups is 1. The Morgan fingerprint density at radius 3 is 2.52 bits per heavy atom. The summed E-state index contributed by atoms with van der Waals surface area (Å²) in [6.45, 7) is 2.34. The van der Waals surface area contributed by atoms with Crippen LogP contribution in [-0.4, -0.2) is 45.2 Å². The Labute approximate surface area is 196 Å². The number of rotatable bonds is 7. The predicted octanol–water partition coefficient (Wildman–Crippen LogP) is 4.68. The molecule has 33 heavy (non-hydrogen) atoms. The molecule has 6 heteroatoms. The molecule has 2 N–H and O–H groups in total. The summed E-state index contributed by atoms with van der Waals surface area (Å²) in [4.78, 5) is 17.2. The average molecular weight is 445 g/mol. The summed E-state index contributed by atoms with van der Waals surface area (Å²) in [7, 11) is 5.69. The Hall–Kier alpha value is -3.51. The molecule has 6 nitrogen and oxygen atoms in total. The molecular weight excluding hydrogens is 412 g/mol. The molecule has 0 aliphatic carbocycles. The molecule has 3 aromatic rings. The monoisotopic (exact) mass is 444 g/mol. The zero-order chi connectivity index (χ0) is 23.2. The van der Waals surface area contributed by atoms with Gasteiger partial charge >= 0.3 is 6.03 Å². The molecule has 0 bridgehead atoms. The maximum absolute atomic E-state index is 12.7. The zero-order valence-corrected chi connectivity index (χ0v) is 19.5. The van der Waals surface area contributed by atoms with Crippen LogP contribution in [0.1, 0.15) is 22.7 Å². The van der Waals surface area contributed by atoms with E-state index in [4.69, 9.17) is 4.74 Å². The van der Waals surface area contributed by atoms with Crippen molar-refractivity contribution in [2.45, 2.75) is 19.0 Å². The van der Waals surface area contributed by atoms with Crippen molar-refractivity contribution >= 4 is 17.4 Å². The largest absolute Gasteiger partial charge is 0.497 e. The van der Waals surface area contributed by atoms with Crippen molar-refractivity contribution in [2.75, 3.05) is 44.5 Å². The number of benzene rings is 3. The first-order chi connectivity index (χ1) is 16.0. The number of carbonyl (C=O) groups is 1. The lowest BCUT2D eigenvalue weighted by atomic mass is 9.96. The van der Waals surface area contributed by atoms with E-state index in [0.29, 0.717) is 18.0 Å². The summed E-state index contributed by atoms with van der Waals surface area (Å²) >= 11 is 0. The van der Waals surface area contributed by atoms with Gasteiger partial charge in [0.1, 0.15) is 5.75 Å². The van der Waals surface area contributed by atoms with Gasteiger partial charge in [-0.2, -0.15) is 0 Å². The third kappa shape index (κ3) is 5.65. The normalized spacial score (nSPS) is 14.2. The van der Waals surface area contributed by atoms with E-state index in [-0.39, 0.29) is 12.1 Å². The van der Waals surface area contributed by atoms with Crippen LogP contribution in [0.5, 0.6) is 5.75 Å². The third-order valence-electron chi connectivity index (χ3n) is 6.18. The number of amides is 2. The van der Waals surface area contributed by atoms with Crippen LogP contribution < -0.4 is 20.3 Å². The molecule has 0 saturated carbocycles. The molecule has 0 spiro atoms. The highest BCUT2D eigenvalue weighted by Crippen LogP contribution is 2.29. The molecular formula is C27H32N4O2. The van der Waals surface area contributed by atoms with E-state index < -0.39 is 0 Å². The molecule has 0 radical (unpaired) electrons. The maximum Gasteiger partial charge on any atom is 0.319 e. The summed E-state index contributed by atoms with van der Waals surface area (Å²) in [5, 5.41) is 5.99. The van der Waals surface area contributed by atoms with Crippen LogP contribution in [0.25, 0.3) is 0 Å². The summed E-state index contributed by atoms with van der Waals surface area (Å²) < 4.78 is 5.25. The summed E-state index contributed by atoms with van der Waals surface area (Å²) in [5.41, 5.74) is 5.83. The van der Waals surface area contributed by atoms with Crippen molar-refractivity contribution in [3.8, 4) is 5.75 Å². The van der Waals surface area contributed by atoms with Crippen molar-refractivity contribution < 1.29 is 9.53 Å². The van der Waals surface area contributed by atoms with Crippen molar-refractivity contribution in [3.63, 3.8) is 0 Å². The lowest BCUT2D eigenvalue weighted by Crippen LogP contribution is -2.41. The number of methoxy groups -OCH3 is 1. The summed E-state index contributed by atoms with van der Waals surface area (Å²) in [5.74, 6) is 0.707. The van der Waals surface area contributed by atoms with Gasteiger partial charge in [-0.3, -0.25) is 4.90 Å². The SMILES string of the molecule is COc1cccc(NC(=O)NCC(c2ccc(N(C)C)cc2)N2CCc3ccccc3C2)c1. The van der Waals surface area contributed by atoms with Crippen molar-refractivity contribution in [2.24, 2.45) is 0 Å². The Morgan fingerprint density at radius 1 is 1.03 bits per heavy atom. The average Bonchev–Trinajstić information content (AvgIpc) is 2.84.